The van der Waals surface area contributed by atoms with E-state index in [1.165, 1.54) is 32.4 Å². The van der Waals surface area contributed by atoms with Gasteiger partial charge in [-0.1, -0.05) is 6.42 Å². The van der Waals surface area contributed by atoms with Gasteiger partial charge in [-0.25, -0.2) is 0 Å². The summed E-state index contributed by atoms with van der Waals surface area (Å²) >= 11 is 0. The maximum atomic E-state index is 11.9. The third-order valence-electron chi connectivity index (χ3n) is 4.04. The lowest BCUT2D eigenvalue weighted by molar-refractivity contribution is -0.122. The number of hydrogen-bond acceptors (Lipinski definition) is 4. The first-order valence-corrected chi connectivity index (χ1v) is 7.57. The maximum absolute atomic E-state index is 11.9. The van der Waals surface area contributed by atoms with Crippen molar-refractivity contribution in [1.29, 1.82) is 0 Å². The smallest absolute Gasteiger partial charge is 0.221 e. The molecule has 2 aliphatic heterocycles. The normalized spacial score (nSPS) is 26.9. The minimum absolute atomic E-state index is 0.131. The van der Waals surface area contributed by atoms with E-state index in [9.17, 15) is 4.79 Å². The van der Waals surface area contributed by atoms with E-state index >= 15 is 0 Å². The molecule has 1 amide bonds. The van der Waals surface area contributed by atoms with E-state index in [1.807, 2.05) is 0 Å². The predicted octanol–water partition coefficient (Wildman–Crippen LogP) is 0.356. The molecule has 5 nitrogen and oxygen atoms in total. The van der Waals surface area contributed by atoms with E-state index in [4.69, 9.17) is 4.74 Å². The van der Waals surface area contributed by atoms with Crippen LogP contribution < -0.4 is 10.6 Å². The van der Waals surface area contributed by atoms with Crippen LogP contribution in [-0.4, -0.2) is 62.3 Å². The molecule has 0 aromatic rings. The Bertz CT molecular complexity index is 274. The van der Waals surface area contributed by atoms with Crippen molar-refractivity contribution in [2.75, 3.05) is 39.4 Å². The summed E-state index contributed by atoms with van der Waals surface area (Å²) in [5, 5.41) is 6.36. The van der Waals surface area contributed by atoms with Crippen LogP contribution in [0.15, 0.2) is 0 Å². The molecule has 0 aromatic heterocycles. The molecule has 2 rings (SSSR count). The molecule has 19 heavy (non-hydrogen) atoms. The molecule has 2 aliphatic rings. The fourth-order valence-electron chi connectivity index (χ4n) is 2.80. The van der Waals surface area contributed by atoms with Crippen molar-refractivity contribution >= 4 is 5.91 Å². The van der Waals surface area contributed by atoms with Crippen LogP contribution in [0, 0.1) is 0 Å². The van der Waals surface area contributed by atoms with Crippen LogP contribution in [0.25, 0.3) is 0 Å². The summed E-state index contributed by atoms with van der Waals surface area (Å²) in [6, 6.07) is 0.624. The van der Waals surface area contributed by atoms with Crippen LogP contribution in [-0.2, 0) is 9.53 Å². The third-order valence-corrected chi connectivity index (χ3v) is 4.04. The molecule has 0 aromatic carbocycles. The topological polar surface area (TPSA) is 53.6 Å². The number of ether oxygens (including phenoxy) is 1. The molecule has 2 fully saturated rings. The first kappa shape index (κ1) is 14.8. The van der Waals surface area contributed by atoms with Crippen molar-refractivity contribution < 1.29 is 9.53 Å². The second-order valence-corrected chi connectivity index (χ2v) is 5.68. The van der Waals surface area contributed by atoms with Gasteiger partial charge in [0, 0.05) is 31.6 Å². The van der Waals surface area contributed by atoms with Crippen LogP contribution in [0.5, 0.6) is 0 Å². The summed E-state index contributed by atoms with van der Waals surface area (Å²) in [5.41, 5.74) is 0. The van der Waals surface area contributed by atoms with Crippen molar-refractivity contribution in [2.45, 2.75) is 44.7 Å². The Labute approximate surface area is 116 Å². The van der Waals surface area contributed by atoms with Crippen molar-refractivity contribution in [2.24, 2.45) is 0 Å². The third kappa shape index (κ3) is 5.09. The number of nitrogens with one attached hydrogen (secondary N) is 2. The molecule has 5 heteroatoms. The number of nitrogens with zero attached hydrogens (tertiary/aromatic N) is 1. The highest BCUT2D eigenvalue weighted by Crippen LogP contribution is 2.11. The molecule has 2 atom stereocenters. The molecule has 2 unspecified atom stereocenters. The van der Waals surface area contributed by atoms with E-state index in [1.54, 1.807) is 0 Å². The fraction of sp³-hybridized carbons (Fsp3) is 0.929. The Morgan fingerprint density at radius 2 is 2.21 bits per heavy atom. The van der Waals surface area contributed by atoms with Gasteiger partial charge >= 0.3 is 0 Å². The SMILES string of the molecule is CC(CNC(=O)CC1COCCN1)N1CCCCC1. The number of morpholine rings is 1. The van der Waals surface area contributed by atoms with Crippen molar-refractivity contribution in [3.63, 3.8) is 0 Å². The zero-order valence-corrected chi connectivity index (χ0v) is 12.0. The Morgan fingerprint density at radius 3 is 2.89 bits per heavy atom. The Morgan fingerprint density at radius 1 is 1.42 bits per heavy atom. The second-order valence-electron chi connectivity index (χ2n) is 5.68. The fourth-order valence-corrected chi connectivity index (χ4v) is 2.80. The van der Waals surface area contributed by atoms with Gasteiger partial charge in [-0.05, 0) is 32.9 Å². The maximum Gasteiger partial charge on any atom is 0.221 e. The Balaban J connectivity index is 1.61. The second kappa shape index (κ2) is 7.82. The van der Waals surface area contributed by atoms with Crippen LogP contribution in [0.4, 0.5) is 0 Å². The molecule has 0 spiro atoms. The highest BCUT2D eigenvalue weighted by molar-refractivity contribution is 5.76. The molecule has 2 N–H and O–H groups in total. The highest BCUT2D eigenvalue weighted by Gasteiger charge is 2.19. The van der Waals surface area contributed by atoms with Gasteiger partial charge in [0.1, 0.15) is 0 Å². The lowest BCUT2D eigenvalue weighted by atomic mass is 10.1. The molecular weight excluding hydrogens is 242 g/mol. The first-order chi connectivity index (χ1) is 9.25. The van der Waals surface area contributed by atoms with Gasteiger partial charge < -0.3 is 15.4 Å². The van der Waals surface area contributed by atoms with Crippen LogP contribution in [0.1, 0.15) is 32.6 Å². The van der Waals surface area contributed by atoms with Crippen LogP contribution in [0.3, 0.4) is 0 Å². The summed E-state index contributed by atoms with van der Waals surface area (Å²) in [7, 11) is 0. The predicted molar refractivity (Wildman–Crippen MR) is 75.1 cm³/mol. The number of hydrogen-bond donors (Lipinski definition) is 2. The molecule has 0 bridgehead atoms. The Hall–Kier alpha value is -0.650. The van der Waals surface area contributed by atoms with Gasteiger partial charge in [-0.3, -0.25) is 9.69 Å². The van der Waals surface area contributed by atoms with Gasteiger partial charge in [0.15, 0.2) is 0 Å². The van der Waals surface area contributed by atoms with E-state index in [2.05, 4.69) is 22.5 Å². The lowest BCUT2D eigenvalue weighted by Gasteiger charge is -2.32. The van der Waals surface area contributed by atoms with Crippen molar-refractivity contribution in [3.8, 4) is 0 Å². The average molecular weight is 269 g/mol. The quantitative estimate of drug-likeness (QED) is 0.756. The number of amides is 1. The van der Waals surface area contributed by atoms with Crippen LogP contribution in [0.2, 0.25) is 0 Å². The zero-order chi connectivity index (χ0) is 13.5. The number of carbonyl (C=O) groups is 1. The summed E-state index contributed by atoms with van der Waals surface area (Å²) in [6.07, 6.45) is 4.46. The molecule has 0 radical (unpaired) electrons. The number of piperidine rings is 1. The largest absolute Gasteiger partial charge is 0.378 e. The summed E-state index contributed by atoms with van der Waals surface area (Å²) < 4.78 is 5.35. The highest BCUT2D eigenvalue weighted by atomic mass is 16.5. The van der Waals surface area contributed by atoms with Crippen molar-refractivity contribution in [3.05, 3.63) is 0 Å². The number of carbonyl (C=O) groups excluding carboxylic acids is 1. The minimum atomic E-state index is 0.131. The first-order valence-electron chi connectivity index (χ1n) is 7.57. The molecule has 0 saturated carbocycles. The number of rotatable bonds is 5. The van der Waals surface area contributed by atoms with Crippen molar-refractivity contribution in [1.82, 2.24) is 15.5 Å². The van der Waals surface area contributed by atoms with Gasteiger partial charge in [0.25, 0.3) is 0 Å². The monoisotopic (exact) mass is 269 g/mol. The minimum Gasteiger partial charge on any atom is -0.378 e. The standard InChI is InChI=1S/C14H27N3O2/c1-12(17-6-3-2-4-7-17)10-16-14(18)9-13-11-19-8-5-15-13/h12-13,15H,2-11H2,1H3,(H,16,18). The lowest BCUT2D eigenvalue weighted by Crippen LogP contribution is -2.47. The van der Waals surface area contributed by atoms with Gasteiger partial charge in [0.05, 0.1) is 13.2 Å². The zero-order valence-electron chi connectivity index (χ0n) is 12.0. The number of likely N-dealkylation sites (tertiary alicyclic amines) is 1. The average Bonchev–Trinajstić information content (AvgIpc) is 2.47. The van der Waals surface area contributed by atoms with Gasteiger partial charge in [0.2, 0.25) is 5.91 Å². The summed E-state index contributed by atoms with van der Waals surface area (Å²) in [5.74, 6) is 0.131. The summed E-state index contributed by atoms with van der Waals surface area (Å²) in [6.45, 7) is 7.56. The van der Waals surface area contributed by atoms with E-state index < -0.39 is 0 Å². The van der Waals surface area contributed by atoms with E-state index in [-0.39, 0.29) is 11.9 Å². The van der Waals surface area contributed by atoms with Gasteiger partial charge in [-0.2, -0.15) is 0 Å². The van der Waals surface area contributed by atoms with Gasteiger partial charge in [-0.15, -0.1) is 0 Å². The van der Waals surface area contributed by atoms with E-state index in [0.29, 0.717) is 19.1 Å². The molecular formula is C14H27N3O2. The summed E-state index contributed by atoms with van der Waals surface area (Å²) in [4.78, 5) is 14.4. The molecule has 110 valence electrons. The molecule has 2 heterocycles. The van der Waals surface area contributed by atoms with Crippen LogP contribution >= 0.6 is 0 Å². The molecule has 0 aliphatic carbocycles. The Kier molecular flexibility index (Phi) is 6.07. The molecule has 2 saturated heterocycles. The van der Waals surface area contributed by atoms with E-state index in [0.717, 1.165) is 19.7 Å².